The van der Waals surface area contributed by atoms with Gasteiger partial charge in [0.2, 0.25) is 0 Å². The summed E-state index contributed by atoms with van der Waals surface area (Å²) >= 11 is 0. The van der Waals surface area contributed by atoms with Crippen molar-refractivity contribution in [3.05, 3.63) is 29.3 Å². The average molecular weight is 204 g/mol. The smallest absolute Gasteiger partial charge is 0.167 e. The molecular weight excluding hydrogens is 192 g/mol. The lowest BCUT2D eigenvalue weighted by molar-refractivity contribution is -0.108. The molecule has 0 aromatic heterocycles. The Labute approximate surface area is 88.1 Å². The predicted octanol–water partition coefficient (Wildman–Crippen LogP) is 1.64. The van der Waals surface area contributed by atoms with Gasteiger partial charge in [0.15, 0.2) is 5.78 Å². The monoisotopic (exact) mass is 204 g/mol. The van der Waals surface area contributed by atoms with E-state index in [-0.39, 0.29) is 11.7 Å². The highest BCUT2D eigenvalue weighted by Gasteiger charge is 2.30. The number of fused-ring (bicyclic) bond motifs is 1. The van der Waals surface area contributed by atoms with E-state index < -0.39 is 0 Å². The van der Waals surface area contributed by atoms with E-state index in [0.717, 1.165) is 11.8 Å². The molecule has 1 atom stereocenters. The highest BCUT2D eigenvalue weighted by Crippen LogP contribution is 2.30. The lowest BCUT2D eigenvalue weighted by atomic mass is 10.0. The average Bonchev–Trinajstić information content (AvgIpc) is 2.56. The van der Waals surface area contributed by atoms with Crippen molar-refractivity contribution in [2.75, 3.05) is 7.11 Å². The molecule has 1 unspecified atom stereocenters. The zero-order chi connectivity index (χ0) is 10.8. The lowest BCUT2D eigenvalue weighted by Gasteiger charge is -2.01. The van der Waals surface area contributed by atoms with E-state index >= 15 is 0 Å². The summed E-state index contributed by atoms with van der Waals surface area (Å²) in [6, 6.07) is 5.49. The van der Waals surface area contributed by atoms with Crippen LogP contribution in [0.15, 0.2) is 18.2 Å². The van der Waals surface area contributed by atoms with Crippen LogP contribution in [0.2, 0.25) is 0 Å². The minimum absolute atomic E-state index is 0.0657. The minimum Gasteiger partial charge on any atom is -0.497 e. The van der Waals surface area contributed by atoms with Crippen LogP contribution in [0.25, 0.3) is 0 Å². The lowest BCUT2D eigenvalue weighted by Crippen LogP contribution is -2.09. The van der Waals surface area contributed by atoms with Gasteiger partial charge in [-0.2, -0.15) is 0 Å². The fourth-order valence-electron chi connectivity index (χ4n) is 1.97. The Balaban J connectivity index is 2.33. The number of aldehydes is 1. The van der Waals surface area contributed by atoms with Gasteiger partial charge in [-0.15, -0.1) is 0 Å². The van der Waals surface area contributed by atoms with E-state index in [1.54, 1.807) is 13.2 Å². The molecular formula is C12H12O3. The number of hydrogen-bond donors (Lipinski definition) is 0. The van der Waals surface area contributed by atoms with E-state index in [9.17, 15) is 9.59 Å². The van der Waals surface area contributed by atoms with Crippen molar-refractivity contribution >= 4 is 12.1 Å². The van der Waals surface area contributed by atoms with Crippen LogP contribution in [0.1, 0.15) is 22.3 Å². The number of carbonyl (C=O) groups excluding carboxylic acids is 2. The summed E-state index contributed by atoms with van der Waals surface area (Å²) in [5.74, 6) is 0.592. The summed E-state index contributed by atoms with van der Waals surface area (Å²) in [6.45, 7) is 0. The maximum Gasteiger partial charge on any atom is 0.167 e. The molecule has 78 valence electrons. The van der Waals surface area contributed by atoms with Gasteiger partial charge in [-0.05, 0) is 24.1 Å². The number of rotatable bonds is 3. The van der Waals surface area contributed by atoms with Crippen molar-refractivity contribution in [2.24, 2.45) is 5.92 Å². The quantitative estimate of drug-likeness (QED) is 0.703. The summed E-state index contributed by atoms with van der Waals surface area (Å²) in [5.41, 5.74) is 1.73. The molecule has 0 saturated carbocycles. The molecule has 0 saturated heterocycles. The Morgan fingerprint density at radius 3 is 3.00 bits per heavy atom. The van der Waals surface area contributed by atoms with E-state index in [2.05, 4.69) is 0 Å². The number of ketones is 1. The summed E-state index contributed by atoms with van der Waals surface area (Å²) in [5, 5.41) is 0. The third kappa shape index (κ3) is 1.65. The van der Waals surface area contributed by atoms with Gasteiger partial charge < -0.3 is 9.53 Å². The molecule has 0 aliphatic heterocycles. The minimum atomic E-state index is -0.162. The summed E-state index contributed by atoms with van der Waals surface area (Å²) in [4.78, 5) is 22.2. The molecule has 1 aliphatic rings. The number of ether oxygens (including phenoxy) is 1. The van der Waals surface area contributed by atoms with Crippen molar-refractivity contribution in [1.29, 1.82) is 0 Å². The maximum atomic E-state index is 11.8. The second-order valence-electron chi connectivity index (χ2n) is 3.69. The molecule has 0 amide bonds. The molecule has 3 nitrogen and oxygen atoms in total. The van der Waals surface area contributed by atoms with E-state index in [0.29, 0.717) is 24.2 Å². The van der Waals surface area contributed by atoms with Crippen LogP contribution in [-0.4, -0.2) is 19.2 Å². The number of hydrogen-bond acceptors (Lipinski definition) is 3. The summed E-state index contributed by atoms with van der Waals surface area (Å²) < 4.78 is 5.06. The molecule has 0 heterocycles. The first-order chi connectivity index (χ1) is 7.26. The molecule has 0 fully saturated rings. The van der Waals surface area contributed by atoms with Gasteiger partial charge in [0, 0.05) is 17.9 Å². The SMILES string of the molecule is COc1ccc2c(c1)C(=O)C(CC=O)C2. The number of benzene rings is 1. The standard InChI is InChI=1S/C12H12O3/c1-15-10-3-2-8-6-9(4-5-13)12(14)11(8)7-10/h2-3,5,7,9H,4,6H2,1H3. The number of Topliss-reactive ketones (excluding diaryl/α,β-unsaturated/α-hetero) is 1. The maximum absolute atomic E-state index is 11.8. The van der Waals surface area contributed by atoms with E-state index in [4.69, 9.17) is 4.74 Å². The largest absolute Gasteiger partial charge is 0.497 e. The molecule has 2 rings (SSSR count). The zero-order valence-electron chi connectivity index (χ0n) is 8.53. The first kappa shape index (κ1) is 9.90. The van der Waals surface area contributed by atoms with Gasteiger partial charge in [0.25, 0.3) is 0 Å². The number of carbonyl (C=O) groups is 2. The third-order valence-corrected chi connectivity index (χ3v) is 2.80. The fourth-order valence-corrected chi connectivity index (χ4v) is 1.97. The summed E-state index contributed by atoms with van der Waals surface area (Å²) in [7, 11) is 1.57. The van der Waals surface area contributed by atoms with Gasteiger partial charge in [0.05, 0.1) is 7.11 Å². The van der Waals surface area contributed by atoms with Crippen LogP contribution in [0.3, 0.4) is 0 Å². The Kier molecular flexibility index (Phi) is 2.54. The first-order valence-electron chi connectivity index (χ1n) is 4.91. The van der Waals surface area contributed by atoms with Gasteiger partial charge in [-0.3, -0.25) is 4.79 Å². The van der Waals surface area contributed by atoms with Crippen molar-refractivity contribution in [2.45, 2.75) is 12.8 Å². The predicted molar refractivity (Wildman–Crippen MR) is 55.2 cm³/mol. The van der Waals surface area contributed by atoms with Crippen LogP contribution in [0.4, 0.5) is 0 Å². The van der Waals surface area contributed by atoms with E-state index in [1.807, 2.05) is 12.1 Å². The molecule has 0 radical (unpaired) electrons. The topological polar surface area (TPSA) is 43.4 Å². The number of methoxy groups -OCH3 is 1. The highest BCUT2D eigenvalue weighted by molar-refractivity contribution is 6.03. The third-order valence-electron chi connectivity index (χ3n) is 2.80. The van der Waals surface area contributed by atoms with Crippen molar-refractivity contribution in [1.82, 2.24) is 0 Å². The van der Waals surface area contributed by atoms with Crippen molar-refractivity contribution in [3.8, 4) is 5.75 Å². The molecule has 15 heavy (non-hydrogen) atoms. The van der Waals surface area contributed by atoms with Gasteiger partial charge >= 0.3 is 0 Å². The summed E-state index contributed by atoms with van der Waals surface area (Å²) in [6.07, 6.45) is 1.80. The Bertz CT molecular complexity index is 409. The highest BCUT2D eigenvalue weighted by atomic mass is 16.5. The molecule has 0 N–H and O–H groups in total. The van der Waals surface area contributed by atoms with Crippen LogP contribution in [0.5, 0.6) is 5.75 Å². The molecule has 0 bridgehead atoms. The van der Waals surface area contributed by atoms with Crippen molar-refractivity contribution in [3.63, 3.8) is 0 Å². The van der Waals surface area contributed by atoms with Crippen LogP contribution < -0.4 is 4.74 Å². The first-order valence-corrected chi connectivity index (χ1v) is 4.91. The Morgan fingerprint density at radius 2 is 2.33 bits per heavy atom. The second kappa shape index (κ2) is 3.85. The molecule has 1 aromatic carbocycles. The molecule has 0 spiro atoms. The molecule has 1 aromatic rings. The van der Waals surface area contributed by atoms with Gasteiger partial charge in [-0.1, -0.05) is 6.07 Å². The Hall–Kier alpha value is -1.64. The Morgan fingerprint density at radius 1 is 1.53 bits per heavy atom. The fraction of sp³-hybridized carbons (Fsp3) is 0.333. The normalized spacial score (nSPS) is 18.7. The van der Waals surface area contributed by atoms with Crippen molar-refractivity contribution < 1.29 is 14.3 Å². The van der Waals surface area contributed by atoms with Gasteiger partial charge in [-0.25, -0.2) is 0 Å². The zero-order valence-corrected chi connectivity index (χ0v) is 8.53. The van der Waals surface area contributed by atoms with Gasteiger partial charge in [0.1, 0.15) is 12.0 Å². The molecule has 1 aliphatic carbocycles. The van der Waals surface area contributed by atoms with Crippen LogP contribution >= 0.6 is 0 Å². The van der Waals surface area contributed by atoms with Crippen LogP contribution in [0, 0.1) is 5.92 Å². The second-order valence-corrected chi connectivity index (χ2v) is 3.69. The van der Waals surface area contributed by atoms with E-state index in [1.165, 1.54) is 0 Å². The molecule has 3 heteroatoms. The van der Waals surface area contributed by atoms with Crippen LogP contribution in [-0.2, 0) is 11.2 Å².